The van der Waals surface area contributed by atoms with Gasteiger partial charge in [0.15, 0.2) is 0 Å². The topological polar surface area (TPSA) is 30.5 Å². The van der Waals surface area contributed by atoms with Crippen LogP contribution < -0.4 is 5.48 Å². The van der Waals surface area contributed by atoms with Crippen molar-refractivity contribution in [1.82, 2.24) is 5.48 Å². The van der Waals surface area contributed by atoms with Crippen molar-refractivity contribution in [2.45, 2.75) is 19.1 Å². The van der Waals surface area contributed by atoms with E-state index in [-0.39, 0.29) is 12.2 Å². The first-order valence-electron chi connectivity index (χ1n) is 2.78. The second-order valence-corrected chi connectivity index (χ2v) is 1.90. The van der Waals surface area contributed by atoms with Gasteiger partial charge in [-0.1, -0.05) is 0 Å². The van der Waals surface area contributed by atoms with Crippen molar-refractivity contribution in [2.24, 2.45) is 0 Å². The molecule has 2 unspecified atom stereocenters. The Hall–Kier alpha value is -0.120. The van der Waals surface area contributed by atoms with E-state index in [2.05, 4.69) is 5.48 Å². The molecule has 8 heavy (non-hydrogen) atoms. The molecule has 1 aliphatic rings. The lowest BCUT2D eigenvalue weighted by molar-refractivity contribution is -0.201. The Balaban J connectivity index is 2.08. The van der Waals surface area contributed by atoms with E-state index >= 15 is 0 Å². The normalized spacial score (nSPS) is 36.8. The van der Waals surface area contributed by atoms with Gasteiger partial charge in [-0.25, -0.2) is 5.48 Å². The quantitative estimate of drug-likeness (QED) is 0.513. The molecular formula is C5H11NO2. The second kappa shape index (κ2) is 2.44. The van der Waals surface area contributed by atoms with E-state index in [9.17, 15) is 0 Å². The summed E-state index contributed by atoms with van der Waals surface area (Å²) in [5.41, 5.74) is 2.62. The first-order chi connectivity index (χ1) is 3.84. The smallest absolute Gasteiger partial charge is 0.128 e. The molecule has 2 atom stereocenters. The Labute approximate surface area is 48.9 Å². The standard InChI is InChI=1S/C5H11NO2/c1-4-5(3-7-4)8-6-2/h4-6H,3H2,1-2H3. The van der Waals surface area contributed by atoms with Crippen molar-refractivity contribution in [3.05, 3.63) is 0 Å². The van der Waals surface area contributed by atoms with Gasteiger partial charge in [-0.2, -0.15) is 0 Å². The van der Waals surface area contributed by atoms with E-state index in [1.165, 1.54) is 0 Å². The minimum atomic E-state index is 0.264. The molecular weight excluding hydrogens is 106 g/mol. The zero-order chi connectivity index (χ0) is 5.98. The third-order valence-electron chi connectivity index (χ3n) is 1.32. The van der Waals surface area contributed by atoms with Crippen LogP contribution in [0.3, 0.4) is 0 Å². The maximum Gasteiger partial charge on any atom is 0.128 e. The number of hydroxylamine groups is 1. The summed E-state index contributed by atoms with van der Waals surface area (Å²) in [6, 6.07) is 0. The zero-order valence-electron chi connectivity index (χ0n) is 5.18. The average Bonchev–Trinajstić information content (AvgIpc) is 1.79. The summed E-state index contributed by atoms with van der Waals surface area (Å²) in [5, 5.41) is 0. The molecule has 1 fully saturated rings. The third kappa shape index (κ3) is 0.992. The molecule has 0 saturated carbocycles. The summed E-state index contributed by atoms with van der Waals surface area (Å²) < 4.78 is 5.03. The molecule has 1 aliphatic heterocycles. The van der Waals surface area contributed by atoms with Crippen LogP contribution in [0.1, 0.15) is 6.92 Å². The van der Waals surface area contributed by atoms with Gasteiger partial charge in [-0.15, -0.1) is 0 Å². The van der Waals surface area contributed by atoms with Crippen LogP contribution in [0.15, 0.2) is 0 Å². The molecule has 0 amide bonds. The molecule has 0 bridgehead atoms. The van der Waals surface area contributed by atoms with Gasteiger partial charge in [0.2, 0.25) is 0 Å². The zero-order valence-corrected chi connectivity index (χ0v) is 5.18. The highest BCUT2D eigenvalue weighted by atomic mass is 16.7. The summed E-state index contributed by atoms with van der Waals surface area (Å²) in [5.74, 6) is 0. The van der Waals surface area contributed by atoms with Crippen molar-refractivity contribution >= 4 is 0 Å². The average molecular weight is 117 g/mol. The Morgan fingerprint density at radius 3 is 2.62 bits per heavy atom. The Kier molecular flexibility index (Phi) is 1.83. The number of hydrogen-bond donors (Lipinski definition) is 1. The largest absolute Gasteiger partial charge is 0.373 e. The molecule has 1 N–H and O–H groups in total. The predicted molar refractivity (Wildman–Crippen MR) is 29.3 cm³/mol. The van der Waals surface area contributed by atoms with Crippen molar-refractivity contribution in [1.29, 1.82) is 0 Å². The third-order valence-corrected chi connectivity index (χ3v) is 1.32. The van der Waals surface area contributed by atoms with E-state index in [0.29, 0.717) is 0 Å². The van der Waals surface area contributed by atoms with Crippen LogP contribution >= 0.6 is 0 Å². The van der Waals surface area contributed by atoms with Gasteiger partial charge in [0.1, 0.15) is 6.10 Å². The van der Waals surface area contributed by atoms with Crippen molar-refractivity contribution in [3.63, 3.8) is 0 Å². The highest BCUT2D eigenvalue weighted by Gasteiger charge is 2.28. The summed E-state index contributed by atoms with van der Waals surface area (Å²) in [4.78, 5) is 5.02. The molecule has 0 aliphatic carbocycles. The van der Waals surface area contributed by atoms with Crippen molar-refractivity contribution < 1.29 is 9.57 Å². The lowest BCUT2D eigenvalue weighted by Gasteiger charge is -2.32. The van der Waals surface area contributed by atoms with Crippen LogP contribution in [0, 0.1) is 0 Å². The molecule has 1 heterocycles. The lowest BCUT2D eigenvalue weighted by atomic mass is 10.2. The number of rotatable bonds is 2. The first-order valence-corrected chi connectivity index (χ1v) is 2.78. The van der Waals surface area contributed by atoms with Crippen LogP contribution in [0.2, 0.25) is 0 Å². The minimum absolute atomic E-state index is 0.264. The number of hydrogen-bond acceptors (Lipinski definition) is 3. The summed E-state index contributed by atoms with van der Waals surface area (Å²) in [6.45, 7) is 2.72. The SMILES string of the molecule is CNOC1COC1C. The monoisotopic (exact) mass is 117 g/mol. The molecule has 3 nitrogen and oxygen atoms in total. The molecule has 0 aromatic rings. The molecule has 0 spiro atoms. The molecule has 48 valence electrons. The maximum atomic E-state index is 5.03. The predicted octanol–water partition coefficient (Wildman–Crippen LogP) is -0.0753. The van der Waals surface area contributed by atoms with Gasteiger partial charge < -0.3 is 4.74 Å². The first kappa shape index (κ1) is 6.01. The Morgan fingerprint density at radius 2 is 2.50 bits per heavy atom. The molecule has 1 rings (SSSR count). The number of ether oxygens (including phenoxy) is 1. The van der Waals surface area contributed by atoms with Crippen LogP contribution in [0.25, 0.3) is 0 Å². The molecule has 0 radical (unpaired) electrons. The molecule has 1 saturated heterocycles. The van der Waals surface area contributed by atoms with E-state index < -0.39 is 0 Å². The molecule has 0 aromatic heterocycles. The number of nitrogens with one attached hydrogen (secondary N) is 1. The highest BCUT2D eigenvalue weighted by molar-refractivity contribution is 4.73. The second-order valence-electron chi connectivity index (χ2n) is 1.90. The summed E-state index contributed by atoms with van der Waals surface area (Å²) in [6.07, 6.45) is 0.530. The molecule has 3 heteroatoms. The fraction of sp³-hybridized carbons (Fsp3) is 1.00. The van der Waals surface area contributed by atoms with Gasteiger partial charge in [0, 0.05) is 7.05 Å². The minimum Gasteiger partial charge on any atom is -0.373 e. The van der Waals surface area contributed by atoms with E-state index in [0.717, 1.165) is 6.61 Å². The summed E-state index contributed by atoms with van der Waals surface area (Å²) >= 11 is 0. The van der Waals surface area contributed by atoms with Crippen LogP contribution in [-0.4, -0.2) is 25.9 Å². The van der Waals surface area contributed by atoms with Crippen LogP contribution in [-0.2, 0) is 9.57 Å². The van der Waals surface area contributed by atoms with Crippen molar-refractivity contribution in [2.75, 3.05) is 13.7 Å². The maximum absolute atomic E-state index is 5.03. The fourth-order valence-electron chi connectivity index (χ4n) is 0.648. The van der Waals surface area contributed by atoms with Gasteiger partial charge in [-0.3, -0.25) is 4.84 Å². The fourth-order valence-corrected chi connectivity index (χ4v) is 0.648. The lowest BCUT2D eigenvalue weighted by Crippen LogP contribution is -2.46. The summed E-state index contributed by atoms with van der Waals surface area (Å²) in [7, 11) is 1.76. The molecule has 0 aromatic carbocycles. The van der Waals surface area contributed by atoms with Gasteiger partial charge in [0.05, 0.1) is 12.7 Å². The van der Waals surface area contributed by atoms with Gasteiger partial charge in [0.25, 0.3) is 0 Å². The van der Waals surface area contributed by atoms with E-state index in [4.69, 9.17) is 9.57 Å². The van der Waals surface area contributed by atoms with Gasteiger partial charge >= 0.3 is 0 Å². The van der Waals surface area contributed by atoms with Crippen molar-refractivity contribution in [3.8, 4) is 0 Å². The Morgan fingerprint density at radius 1 is 1.75 bits per heavy atom. The van der Waals surface area contributed by atoms with E-state index in [1.54, 1.807) is 7.05 Å². The van der Waals surface area contributed by atoms with Crippen LogP contribution in [0.5, 0.6) is 0 Å². The van der Waals surface area contributed by atoms with Gasteiger partial charge in [-0.05, 0) is 6.92 Å². The Bertz CT molecular complexity index is 76.8. The van der Waals surface area contributed by atoms with E-state index in [1.807, 2.05) is 6.92 Å². The highest BCUT2D eigenvalue weighted by Crippen LogP contribution is 2.13. The van der Waals surface area contributed by atoms with Crippen LogP contribution in [0.4, 0.5) is 0 Å².